The highest BCUT2D eigenvalue weighted by Crippen LogP contribution is 2.27. The fraction of sp³-hybridized carbons (Fsp3) is 0.214. The highest BCUT2D eigenvalue weighted by atomic mass is 32.2. The summed E-state index contributed by atoms with van der Waals surface area (Å²) in [6.45, 7) is 4.03. The average Bonchev–Trinajstić information content (AvgIpc) is 3.06. The average molecular weight is 303 g/mol. The molecule has 1 aromatic carbocycles. The van der Waals surface area contributed by atoms with Crippen molar-refractivity contribution in [3.8, 4) is 11.5 Å². The van der Waals surface area contributed by atoms with Crippen LogP contribution in [0.15, 0.2) is 39.3 Å². The second-order valence-corrected chi connectivity index (χ2v) is 6.32. The molecule has 4 nitrogen and oxygen atoms in total. The van der Waals surface area contributed by atoms with Crippen LogP contribution in [0.1, 0.15) is 16.3 Å². The molecule has 2 heterocycles. The minimum Gasteiger partial charge on any atom is -0.411 e. The Hall–Kier alpha value is -1.66. The molecule has 20 heavy (non-hydrogen) atoms. The van der Waals surface area contributed by atoms with Gasteiger partial charge in [-0.05, 0) is 25.5 Å². The number of aryl methyl sites for hydroxylation is 2. The number of nitrogens with zero attached hydrogens (tertiary/aromatic N) is 3. The lowest BCUT2D eigenvalue weighted by Crippen LogP contribution is -1.81. The van der Waals surface area contributed by atoms with Crippen LogP contribution in [0, 0.1) is 13.8 Å². The fourth-order valence-corrected chi connectivity index (χ4v) is 3.17. The molecule has 102 valence electrons. The van der Waals surface area contributed by atoms with Gasteiger partial charge in [0, 0.05) is 16.7 Å². The van der Waals surface area contributed by atoms with Gasteiger partial charge < -0.3 is 4.42 Å². The largest absolute Gasteiger partial charge is 0.411 e. The molecule has 3 aromatic rings. The summed E-state index contributed by atoms with van der Waals surface area (Å²) in [5, 5.41) is 11.9. The lowest BCUT2D eigenvalue weighted by Gasteiger charge is -1.98. The molecule has 0 fully saturated rings. The number of hydrogen-bond acceptors (Lipinski definition) is 6. The zero-order chi connectivity index (χ0) is 13.9. The lowest BCUT2D eigenvalue weighted by molar-refractivity contribution is 0.465. The van der Waals surface area contributed by atoms with Gasteiger partial charge in [-0.1, -0.05) is 30.0 Å². The predicted octanol–water partition coefficient (Wildman–Crippen LogP) is 4.10. The molecule has 0 atom stereocenters. The van der Waals surface area contributed by atoms with Gasteiger partial charge >= 0.3 is 0 Å². The van der Waals surface area contributed by atoms with Crippen LogP contribution in [-0.2, 0) is 5.75 Å². The van der Waals surface area contributed by atoms with Crippen molar-refractivity contribution in [3.63, 3.8) is 0 Å². The van der Waals surface area contributed by atoms with E-state index in [4.69, 9.17) is 4.42 Å². The topological polar surface area (TPSA) is 51.8 Å². The molecule has 0 aliphatic carbocycles. The molecule has 0 amide bonds. The van der Waals surface area contributed by atoms with Gasteiger partial charge in [-0.25, -0.2) is 4.98 Å². The summed E-state index contributed by atoms with van der Waals surface area (Å²) < 4.78 is 5.70. The highest BCUT2D eigenvalue weighted by Gasteiger charge is 2.11. The van der Waals surface area contributed by atoms with Crippen LogP contribution >= 0.6 is 23.1 Å². The summed E-state index contributed by atoms with van der Waals surface area (Å²) in [7, 11) is 0. The zero-order valence-corrected chi connectivity index (χ0v) is 12.8. The first-order chi connectivity index (χ1) is 9.72. The summed E-state index contributed by atoms with van der Waals surface area (Å²) in [5.74, 6) is 1.32. The Kier molecular flexibility index (Phi) is 3.84. The quantitative estimate of drug-likeness (QED) is 0.679. The first-order valence-electron chi connectivity index (χ1n) is 6.15. The molecule has 0 saturated carbocycles. The van der Waals surface area contributed by atoms with Gasteiger partial charge in [-0.2, -0.15) is 0 Å². The summed E-state index contributed by atoms with van der Waals surface area (Å²) in [6, 6.07) is 7.98. The molecule has 0 aliphatic heterocycles. The van der Waals surface area contributed by atoms with Gasteiger partial charge in [0.2, 0.25) is 5.89 Å². The van der Waals surface area contributed by atoms with E-state index < -0.39 is 0 Å². The summed E-state index contributed by atoms with van der Waals surface area (Å²) in [4.78, 5) is 4.41. The van der Waals surface area contributed by atoms with E-state index in [9.17, 15) is 0 Å². The summed E-state index contributed by atoms with van der Waals surface area (Å²) >= 11 is 3.16. The maximum atomic E-state index is 5.70. The third-order valence-corrected chi connectivity index (χ3v) is 4.47. The molecule has 0 bridgehead atoms. The van der Waals surface area contributed by atoms with Crippen LogP contribution in [0.4, 0.5) is 0 Å². The Morgan fingerprint density at radius 1 is 1.20 bits per heavy atom. The lowest BCUT2D eigenvalue weighted by atomic mass is 10.1. The standard InChI is InChI=1S/C14H13N3OS2/c1-9-5-3-4-6-12(9)13-16-17-14(18-13)20-8-11-7-19-10(2)15-11/h3-7H,8H2,1-2H3. The third kappa shape index (κ3) is 2.91. The molecule has 0 aliphatic rings. The SMILES string of the molecule is Cc1nc(CSc2nnc(-c3ccccc3C)o2)cs1. The van der Waals surface area contributed by atoms with E-state index in [1.165, 1.54) is 11.8 Å². The van der Waals surface area contributed by atoms with Crippen LogP contribution < -0.4 is 0 Å². The fourth-order valence-electron chi connectivity index (χ4n) is 1.80. The van der Waals surface area contributed by atoms with Gasteiger partial charge in [0.1, 0.15) is 0 Å². The van der Waals surface area contributed by atoms with E-state index in [0.29, 0.717) is 11.1 Å². The molecule has 2 aromatic heterocycles. The molecule has 0 saturated heterocycles. The highest BCUT2D eigenvalue weighted by molar-refractivity contribution is 7.98. The Morgan fingerprint density at radius 2 is 2.05 bits per heavy atom. The number of rotatable bonds is 4. The molecule has 3 rings (SSSR count). The van der Waals surface area contributed by atoms with Crippen molar-refractivity contribution in [1.82, 2.24) is 15.2 Å². The van der Waals surface area contributed by atoms with Crippen molar-refractivity contribution in [2.75, 3.05) is 0 Å². The van der Waals surface area contributed by atoms with E-state index in [0.717, 1.165) is 27.6 Å². The van der Waals surface area contributed by atoms with Gasteiger partial charge in [-0.3, -0.25) is 0 Å². The molecule has 0 N–H and O–H groups in total. The molecule has 0 radical (unpaired) electrons. The molecule has 0 unspecified atom stereocenters. The van der Waals surface area contributed by atoms with Crippen LogP contribution in [-0.4, -0.2) is 15.2 Å². The van der Waals surface area contributed by atoms with Gasteiger partial charge in [0.15, 0.2) is 0 Å². The van der Waals surface area contributed by atoms with Crippen LogP contribution in [0.5, 0.6) is 0 Å². The number of aromatic nitrogens is 3. The number of hydrogen-bond donors (Lipinski definition) is 0. The van der Waals surface area contributed by atoms with Gasteiger partial charge in [0.25, 0.3) is 5.22 Å². The molecule has 0 spiro atoms. The first kappa shape index (κ1) is 13.3. The van der Waals surface area contributed by atoms with Crippen molar-refractivity contribution >= 4 is 23.1 Å². The monoisotopic (exact) mass is 303 g/mol. The van der Waals surface area contributed by atoms with E-state index in [1.54, 1.807) is 11.3 Å². The van der Waals surface area contributed by atoms with Crippen molar-refractivity contribution in [2.45, 2.75) is 24.8 Å². The van der Waals surface area contributed by atoms with Gasteiger partial charge in [-0.15, -0.1) is 21.5 Å². The van der Waals surface area contributed by atoms with E-state index in [2.05, 4.69) is 20.6 Å². The van der Waals surface area contributed by atoms with E-state index in [1.807, 2.05) is 38.1 Å². The van der Waals surface area contributed by atoms with Crippen molar-refractivity contribution < 1.29 is 4.42 Å². The summed E-state index contributed by atoms with van der Waals surface area (Å²) in [5.41, 5.74) is 3.16. The Labute approximate surface area is 125 Å². The molecular formula is C14H13N3OS2. The Morgan fingerprint density at radius 3 is 2.80 bits per heavy atom. The van der Waals surface area contributed by atoms with Gasteiger partial charge in [0.05, 0.1) is 10.7 Å². The smallest absolute Gasteiger partial charge is 0.277 e. The van der Waals surface area contributed by atoms with Crippen LogP contribution in [0.3, 0.4) is 0 Å². The first-order valence-corrected chi connectivity index (χ1v) is 8.02. The number of benzene rings is 1. The molecular weight excluding hydrogens is 290 g/mol. The van der Waals surface area contributed by atoms with Crippen molar-refractivity contribution in [2.24, 2.45) is 0 Å². The number of thiazole rings is 1. The van der Waals surface area contributed by atoms with Crippen LogP contribution in [0.2, 0.25) is 0 Å². The third-order valence-electron chi connectivity index (χ3n) is 2.79. The zero-order valence-electron chi connectivity index (χ0n) is 11.2. The maximum Gasteiger partial charge on any atom is 0.277 e. The van der Waals surface area contributed by atoms with Crippen molar-refractivity contribution in [3.05, 3.63) is 45.9 Å². The van der Waals surface area contributed by atoms with E-state index >= 15 is 0 Å². The Bertz CT molecular complexity index is 721. The van der Waals surface area contributed by atoms with Crippen molar-refractivity contribution in [1.29, 1.82) is 0 Å². The van der Waals surface area contributed by atoms with E-state index in [-0.39, 0.29) is 0 Å². The summed E-state index contributed by atoms with van der Waals surface area (Å²) in [6.07, 6.45) is 0. The second-order valence-electron chi connectivity index (χ2n) is 4.33. The minimum atomic E-state index is 0.569. The van der Waals surface area contributed by atoms with Crippen LogP contribution in [0.25, 0.3) is 11.5 Å². The second kappa shape index (κ2) is 5.76. The number of thioether (sulfide) groups is 1. The molecule has 6 heteroatoms. The minimum absolute atomic E-state index is 0.569. The normalized spacial score (nSPS) is 10.9. The Balaban J connectivity index is 1.72. The maximum absolute atomic E-state index is 5.70. The predicted molar refractivity (Wildman–Crippen MR) is 80.9 cm³/mol.